The molecule has 104 valence electrons. The van der Waals surface area contributed by atoms with E-state index in [1.165, 1.54) is 0 Å². The van der Waals surface area contributed by atoms with E-state index in [9.17, 15) is 4.79 Å². The summed E-state index contributed by atoms with van der Waals surface area (Å²) in [4.78, 5) is 19.4. The number of aromatic nitrogens is 2. The molecule has 20 heavy (non-hydrogen) atoms. The van der Waals surface area contributed by atoms with E-state index in [4.69, 9.17) is 21.1 Å². The van der Waals surface area contributed by atoms with Gasteiger partial charge in [-0.1, -0.05) is 11.6 Å². The summed E-state index contributed by atoms with van der Waals surface area (Å²) in [6.07, 6.45) is 0.641. The third-order valence-electron chi connectivity index (χ3n) is 3.25. The van der Waals surface area contributed by atoms with Crippen LogP contribution in [0.1, 0.15) is 11.3 Å². The molecule has 0 fully saturated rings. The fourth-order valence-electron chi connectivity index (χ4n) is 2.23. The minimum Gasteiger partial charge on any atom is -0.496 e. The second-order valence-electron chi connectivity index (χ2n) is 4.49. The molecule has 1 aromatic heterocycles. The summed E-state index contributed by atoms with van der Waals surface area (Å²) >= 11 is 5.94. The number of nitrogens with one attached hydrogen (secondary N) is 1. The summed E-state index contributed by atoms with van der Waals surface area (Å²) in [5.74, 6) is 1.07. The van der Waals surface area contributed by atoms with Crippen LogP contribution in [0.5, 0.6) is 5.75 Å². The molecule has 2 aromatic rings. The molecular formula is C14H13ClN2O3. The SMILES string of the molecule is COc1cc(Cl)ccc1-c1nc2c(c(=O)[nH]1)COCC2. The fourth-order valence-corrected chi connectivity index (χ4v) is 2.39. The van der Waals surface area contributed by atoms with Gasteiger partial charge >= 0.3 is 0 Å². The summed E-state index contributed by atoms with van der Waals surface area (Å²) in [6, 6.07) is 5.21. The molecule has 3 rings (SSSR count). The molecule has 1 aromatic carbocycles. The van der Waals surface area contributed by atoms with E-state index in [1.807, 2.05) is 0 Å². The lowest BCUT2D eigenvalue weighted by atomic mass is 10.1. The highest BCUT2D eigenvalue weighted by Gasteiger charge is 2.18. The number of ether oxygens (including phenoxy) is 2. The topological polar surface area (TPSA) is 64.2 Å². The fraction of sp³-hybridized carbons (Fsp3) is 0.286. The largest absolute Gasteiger partial charge is 0.496 e. The molecule has 0 spiro atoms. The highest BCUT2D eigenvalue weighted by Crippen LogP contribution is 2.30. The number of halogens is 1. The number of hydrogen-bond acceptors (Lipinski definition) is 4. The van der Waals surface area contributed by atoms with E-state index in [-0.39, 0.29) is 5.56 Å². The van der Waals surface area contributed by atoms with Crippen molar-refractivity contribution >= 4 is 11.6 Å². The Kier molecular flexibility index (Phi) is 3.46. The van der Waals surface area contributed by atoms with Gasteiger partial charge < -0.3 is 14.5 Å². The predicted molar refractivity (Wildman–Crippen MR) is 75.2 cm³/mol. The molecule has 0 radical (unpaired) electrons. The summed E-state index contributed by atoms with van der Waals surface area (Å²) in [6.45, 7) is 0.899. The summed E-state index contributed by atoms with van der Waals surface area (Å²) in [5.41, 5.74) is 1.94. The Morgan fingerprint density at radius 2 is 2.30 bits per heavy atom. The van der Waals surface area contributed by atoms with Crippen LogP contribution in [0.15, 0.2) is 23.0 Å². The minimum absolute atomic E-state index is 0.165. The van der Waals surface area contributed by atoms with Gasteiger partial charge in [0.2, 0.25) is 0 Å². The van der Waals surface area contributed by atoms with Gasteiger partial charge in [-0.05, 0) is 18.2 Å². The van der Waals surface area contributed by atoms with Crippen molar-refractivity contribution in [3.63, 3.8) is 0 Å². The monoisotopic (exact) mass is 292 g/mol. The number of H-pyrrole nitrogens is 1. The Labute approximate surface area is 120 Å². The van der Waals surface area contributed by atoms with Gasteiger partial charge in [-0.2, -0.15) is 0 Å². The van der Waals surface area contributed by atoms with E-state index in [0.29, 0.717) is 47.4 Å². The van der Waals surface area contributed by atoms with Crippen LogP contribution >= 0.6 is 11.6 Å². The van der Waals surface area contributed by atoms with Crippen LogP contribution in [0.4, 0.5) is 0 Å². The Morgan fingerprint density at radius 3 is 3.10 bits per heavy atom. The van der Waals surface area contributed by atoms with Gasteiger partial charge in [0.25, 0.3) is 5.56 Å². The van der Waals surface area contributed by atoms with Crippen LogP contribution in [0.2, 0.25) is 5.02 Å². The smallest absolute Gasteiger partial charge is 0.256 e. The first-order chi connectivity index (χ1) is 9.69. The molecule has 0 unspecified atom stereocenters. The van der Waals surface area contributed by atoms with E-state index in [2.05, 4.69) is 9.97 Å². The lowest BCUT2D eigenvalue weighted by molar-refractivity contribution is 0.108. The first-order valence-electron chi connectivity index (χ1n) is 6.23. The lowest BCUT2D eigenvalue weighted by Gasteiger charge is -2.16. The molecule has 0 saturated heterocycles. The molecular weight excluding hydrogens is 280 g/mol. The Hall–Kier alpha value is -1.85. The normalized spacial score (nSPS) is 13.9. The molecule has 5 nitrogen and oxygen atoms in total. The van der Waals surface area contributed by atoms with Gasteiger partial charge in [0.1, 0.15) is 11.6 Å². The first-order valence-corrected chi connectivity index (χ1v) is 6.60. The van der Waals surface area contributed by atoms with Gasteiger partial charge in [0.15, 0.2) is 0 Å². The van der Waals surface area contributed by atoms with E-state index >= 15 is 0 Å². The van der Waals surface area contributed by atoms with Crippen molar-refractivity contribution < 1.29 is 9.47 Å². The van der Waals surface area contributed by atoms with Crippen molar-refractivity contribution in [3.8, 4) is 17.1 Å². The van der Waals surface area contributed by atoms with Crippen LogP contribution < -0.4 is 10.3 Å². The molecule has 6 heteroatoms. The minimum atomic E-state index is -0.165. The molecule has 0 aliphatic carbocycles. The summed E-state index contributed by atoms with van der Waals surface area (Å²) in [7, 11) is 1.56. The number of benzene rings is 1. The van der Waals surface area contributed by atoms with E-state index in [1.54, 1.807) is 25.3 Å². The van der Waals surface area contributed by atoms with Gasteiger partial charge in [-0.25, -0.2) is 4.98 Å². The van der Waals surface area contributed by atoms with Crippen molar-refractivity contribution in [2.45, 2.75) is 13.0 Å². The first kappa shape index (κ1) is 13.1. The Morgan fingerprint density at radius 1 is 1.45 bits per heavy atom. The van der Waals surface area contributed by atoms with Crippen LogP contribution in [0, 0.1) is 0 Å². The molecule has 1 N–H and O–H groups in total. The molecule has 0 bridgehead atoms. The number of nitrogens with zero attached hydrogens (tertiary/aromatic N) is 1. The van der Waals surface area contributed by atoms with E-state index in [0.717, 1.165) is 5.69 Å². The number of fused-ring (bicyclic) bond motifs is 1. The Balaban J connectivity index is 2.16. The average molecular weight is 293 g/mol. The zero-order chi connectivity index (χ0) is 14.1. The quantitative estimate of drug-likeness (QED) is 0.921. The van der Waals surface area contributed by atoms with Crippen molar-refractivity contribution in [2.24, 2.45) is 0 Å². The molecule has 0 saturated carbocycles. The number of hydrogen-bond donors (Lipinski definition) is 1. The van der Waals surface area contributed by atoms with Crippen molar-refractivity contribution in [1.82, 2.24) is 9.97 Å². The van der Waals surface area contributed by atoms with Crippen molar-refractivity contribution in [2.75, 3.05) is 13.7 Å². The third kappa shape index (κ3) is 2.30. The maximum Gasteiger partial charge on any atom is 0.256 e. The van der Waals surface area contributed by atoms with Crippen molar-refractivity contribution in [1.29, 1.82) is 0 Å². The second kappa shape index (κ2) is 5.26. The zero-order valence-electron chi connectivity index (χ0n) is 10.9. The van der Waals surface area contributed by atoms with Gasteiger partial charge in [-0.15, -0.1) is 0 Å². The highest BCUT2D eigenvalue weighted by molar-refractivity contribution is 6.30. The third-order valence-corrected chi connectivity index (χ3v) is 3.48. The van der Waals surface area contributed by atoms with Gasteiger partial charge in [0.05, 0.1) is 37.1 Å². The molecule has 1 aliphatic heterocycles. The van der Waals surface area contributed by atoms with Gasteiger partial charge in [0, 0.05) is 11.4 Å². The standard InChI is InChI=1S/C14H13ClN2O3/c1-19-12-6-8(15)2-3-9(12)13-16-11-4-5-20-7-10(11)14(18)17-13/h2-3,6H,4-5,7H2,1H3,(H,16,17,18). The summed E-state index contributed by atoms with van der Waals surface area (Å²) < 4.78 is 10.6. The highest BCUT2D eigenvalue weighted by atomic mass is 35.5. The van der Waals surface area contributed by atoms with Crippen molar-refractivity contribution in [3.05, 3.63) is 44.8 Å². The Bertz CT molecular complexity index is 712. The maximum atomic E-state index is 12.1. The average Bonchev–Trinajstić information content (AvgIpc) is 2.47. The van der Waals surface area contributed by atoms with E-state index < -0.39 is 0 Å². The molecule has 0 amide bonds. The number of methoxy groups -OCH3 is 1. The molecule has 0 atom stereocenters. The van der Waals surface area contributed by atoms with Gasteiger partial charge in [-0.3, -0.25) is 4.79 Å². The summed E-state index contributed by atoms with van der Waals surface area (Å²) in [5, 5.41) is 0.569. The molecule has 1 aliphatic rings. The predicted octanol–water partition coefficient (Wildman–Crippen LogP) is 2.17. The lowest BCUT2D eigenvalue weighted by Crippen LogP contribution is -2.24. The zero-order valence-corrected chi connectivity index (χ0v) is 11.7. The number of rotatable bonds is 2. The maximum absolute atomic E-state index is 12.1. The van der Waals surface area contributed by atoms with Crippen LogP contribution in [-0.2, 0) is 17.8 Å². The number of aromatic amines is 1. The van der Waals surface area contributed by atoms with Crippen LogP contribution in [0.25, 0.3) is 11.4 Å². The second-order valence-corrected chi connectivity index (χ2v) is 4.92. The molecule has 2 heterocycles. The van der Waals surface area contributed by atoms with Crippen LogP contribution in [0.3, 0.4) is 0 Å². The van der Waals surface area contributed by atoms with Crippen LogP contribution in [-0.4, -0.2) is 23.7 Å².